The van der Waals surface area contributed by atoms with E-state index in [0.29, 0.717) is 36.5 Å². The Bertz CT molecular complexity index is 1450. The molecule has 11 heteroatoms. The summed E-state index contributed by atoms with van der Waals surface area (Å²) in [6.45, 7) is 11.2. The molecule has 0 radical (unpaired) electrons. The first-order valence-corrected chi connectivity index (χ1v) is 13.6. The van der Waals surface area contributed by atoms with Crippen molar-refractivity contribution in [3.05, 3.63) is 53.7 Å². The van der Waals surface area contributed by atoms with Crippen LogP contribution in [0.1, 0.15) is 53.0 Å². The molecule has 1 aliphatic rings. The van der Waals surface area contributed by atoms with Crippen LogP contribution in [-0.4, -0.2) is 48.0 Å². The van der Waals surface area contributed by atoms with Crippen molar-refractivity contribution in [3.63, 3.8) is 0 Å². The molecule has 1 fully saturated rings. The van der Waals surface area contributed by atoms with Gasteiger partial charge in [0.25, 0.3) is 15.9 Å². The highest BCUT2D eigenvalue weighted by molar-refractivity contribution is 7.90. The maximum absolute atomic E-state index is 13.4. The summed E-state index contributed by atoms with van der Waals surface area (Å²) in [6, 6.07) is 11.2. The normalized spacial score (nSPS) is 17.0. The van der Waals surface area contributed by atoms with E-state index in [0.717, 1.165) is 17.7 Å². The second-order valence-electron chi connectivity index (χ2n) is 9.90. The molecule has 1 atom stereocenters. The van der Waals surface area contributed by atoms with Crippen LogP contribution in [-0.2, 0) is 10.0 Å². The van der Waals surface area contributed by atoms with Crippen molar-refractivity contribution >= 4 is 27.6 Å². The fourth-order valence-corrected chi connectivity index (χ4v) is 5.71. The Morgan fingerprint density at radius 3 is 2.62 bits per heavy atom. The van der Waals surface area contributed by atoms with E-state index >= 15 is 0 Å². The van der Waals surface area contributed by atoms with Crippen LogP contribution in [0.15, 0.2) is 47.5 Å². The number of ether oxygens (including phenoxy) is 1. The van der Waals surface area contributed by atoms with Gasteiger partial charge in [0.2, 0.25) is 5.88 Å². The number of hydrogen-bond acceptors (Lipinski definition) is 9. The summed E-state index contributed by atoms with van der Waals surface area (Å²) in [7, 11) is -4.25. The number of hydrogen-bond donors (Lipinski definition) is 2. The van der Waals surface area contributed by atoms with Crippen molar-refractivity contribution in [3.8, 4) is 17.1 Å². The zero-order chi connectivity index (χ0) is 27.0. The standard InChI is InChI=1S/C26H32N6O4S.2H2/c1-6-36-22-13-18(12-17(3)28-22)20-11-10-19(24(29-20)32-15-16(2)14-26(32,4)5)25(33)31-37(34,35)23-9-7-8-21(27)30-23;;/h7-13,16H,6,14-15H2,1-5H3,(H2,27,30)(H,31,33);2*1H/t16-;;/m0../s1. The van der Waals surface area contributed by atoms with E-state index in [9.17, 15) is 13.2 Å². The second kappa shape index (κ2) is 9.97. The van der Waals surface area contributed by atoms with Gasteiger partial charge in [-0.3, -0.25) is 4.79 Å². The largest absolute Gasteiger partial charge is 0.478 e. The van der Waals surface area contributed by atoms with E-state index in [1.807, 2.05) is 19.9 Å². The fraction of sp³-hybridized carbons (Fsp3) is 0.385. The molecule has 4 rings (SSSR count). The molecule has 1 amide bonds. The van der Waals surface area contributed by atoms with Crippen molar-refractivity contribution in [2.75, 3.05) is 23.8 Å². The molecule has 0 unspecified atom stereocenters. The molecular formula is C26H36N6O4S. The molecular weight excluding hydrogens is 492 g/mol. The second-order valence-corrected chi connectivity index (χ2v) is 11.5. The van der Waals surface area contributed by atoms with E-state index in [2.05, 4.69) is 40.4 Å². The fourth-order valence-electron chi connectivity index (χ4n) is 4.77. The van der Waals surface area contributed by atoms with Gasteiger partial charge in [-0.25, -0.2) is 19.7 Å². The molecule has 200 valence electrons. The number of nitrogen functional groups attached to an aromatic ring is 1. The summed E-state index contributed by atoms with van der Waals surface area (Å²) < 4.78 is 33.5. The van der Waals surface area contributed by atoms with Crippen LogP contribution in [0.4, 0.5) is 11.6 Å². The van der Waals surface area contributed by atoms with Gasteiger partial charge in [0.15, 0.2) is 5.03 Å². The summed E-state index contributed by atoms with van der Waals surface area (Å²) in [6.07, 6.45) is 0.897. The molecule has 3 aromatic rings. The average molecular weight is 529 g/mol. The Labute approximate surface area is 220 Å². The first-order valence-electron chi connectivity index (χ1n) is 12.1. The summed E-state index contributed by atoms with van der Waals surface area (Å²) in [4.78, 5) is 28.6. The molecule has 1 aliphatic heterocycles. The van der Waals surface area contributed by atoms with Gasteiger partial charge >= 0.3 is 0 Å². The first kappa shape index (κ1) is 26.3. The van der Waals surface area contributed by atoms with E-state index in [4.69, 9.17) is 15.5 Å². The van der Waals surface area contributed by atoms with Crippen molar-refractivity contribution in [1.82, 2.24) is 19.7 Å². The molecule has 37 heavy (non-hydrogen) atoms. The van der Waals surface area contributed by atoms with Crippen LogP contribution >= 0.6 is 0 Å². The predicted molar refractivity (Wildman–Crippen MR) is 146 cm³/mol. The molecule has 3 aromatic heterocycles. The van der Waals surface area contributed by atoms with Crippen molar-refractivity contribution in [1.29, 1.82) is 0 Å². The van der Waals surface area contributed by atoms with E-state index < -0.39 is 15.9 Å². The van der Waals surface area contributed by atoms with Crippen LogP contribution in [0, 0.1) is 12.8 Å². The highest BCUT2D eigenvalue weighted by Gasteiger charge is 2.39. The maximum Gasteiger partial charge on any atom is 0.281 e. The third-order valence-corrected chi connectivity index (χ3v) is 7.45. The van der Waals surface area contributed by atoms with Gasteiger partial charge in [-0.1, -0.05) is 13.0 Å². The minimum absolute atomic E-state index is 0. The predicted octanol–water partition coefficient (Wildman–Crippen LogP) is 4.06. The van der Waals surface area contributed by atoms with Crippen molar-refractivity contribution < 1.29 is 20.8 Å². The summed E-state index contributed by atoms with van der Waals surface area (Å²) >= 11 is 0. The molecule has 0 aromatic carbocycles. The first-order chi connectivity index (χ1) is 17.4. The van der Waals surface area contributed by atoms with E-state index in [1.54, 1.807) is 18.2 Å². The molecule has 0 aliphatic carbocycles. The Morgan fingerprint density at radius 2 is 1.97 bits per heavy atom. The molecule has 1 saturated heterocycles. The van der Waals surface area contributed by atoms with Gasteiger partial charge in [0.05, 0.1) is 17.9 Å². The van der Waals surface area contributed by atoms with E-state index in [-0.39, 0.29) is 24.8 Å². The Morgan fingerprint density at radius 1 is 1.22 bits per heavy atom. The molecule has 3 N–H and O–H groups in total. The topological polar surface area (TPSA) is 140 Å². The number of aromatic nitrogens is 3. The Balaban J connectivity index is 0.00000267. The number of carbonyl (C=O) groups is 1. The van der Waals surface area contributed by atoms with Gasteiger partial charge in [-0.2, -0.15) is 8.42 Å². The third kappa shape index (κ3) is 5.66. The minimum atomic E-state index is -4.25. The molecule has 10 nitrogen and oxygen atoms in total. The number of carbonyl (C=O) groups excluding carboxylic acids is 1. The lowest BCUT2D eigenvalue weighted by atomic mass is 9.97. The number of rotatable bonds is 7. The molecule has 0 saturated carbocycles. The lowest BCUT2D eigenvalue weighted by molar-refractivity contribution is 0.0981. The molecule has 4 heterocycles. The zero-order valence-electron chi connectivity index (χ0n) is 21.6. The van der Waals surface area contributed by atoms with Crippen LogP contribution < -0.4 is 20.1 Å². The molecule has 0 spiro atoms. The number of nitrogens with two attached hydrogens (primary N) is 1. The van der Waals surface area contributed by atoms with Gasteiger partial charge in [-0.15, -0.1) is 0 Å². The quantitative estimate of drug-likeness (QED) is 0.464. The number of amides is 1. The Hall–Kier alpha value is -3.73. The zero-order valence-corrected chi connectivity index (χ0v) is 22.5. The van der Waals surface area contributed by atoms with Gasteiger partial charge in [0, 0.05) is 32.3 Å². The minimum Gasteiger partial charge on any atom is -0.478 e. The van der Waals surface area contributed by atoms with Crippen molar-refractivity contribution in [2.45, 2.75) is 51.6 Å². The number of sulfonamides is 1. The monoisotopic (exact) mass is 528 g/mol. The average Bonchev–Trinajstić information content (AvgIpc) is 3.09. The SMILES string of the molecule is CCOc1cc(-c2ccc(C(=O)NS(=O)(=O)c3cccc(N)n3)c(N3C[C@@H](C)CC3(C)C)n2)cc(C)n1.[HH].[HH]. The highest BCUT2D eigenvalue weighted by atomic mass is 32.2. The Kier molecular flexibility index (Phi) is 7.09. The highest BCUT2D eigenvalue weighted by Crippen LogP contribution is 2.38. The van der Waals surface area contributed by atoms with Crippen LogP contribution in [0.5, 0.6) is 5.88 Å². The summed E-state index contributed by atoms with van der Waals surface area (Å²) in [5.74, 6) is 0.499. The van der Waals surface area contributed by atoms with E-state index in [1.165, 1.54) is 18.2 Å². The van der Waals surface area contributed by atoms with Crippen LogP contribution in [0.2, 0.25) is 0 Å². The van der Waals surface area contributed by atoms with Crippen LogP contribution in [0.3, 0.4) is 0 Å². The number of nitrogens with one attached hydrogen (secondary N) is 1. The lowest BCUT2D eigenvalue weighted by Crippen LogP contribution is -2.41. The van der Waals surface area contributed by atoms with Gasteiger partial charge < -0.3 is 15.4 Å². The van der Waals surface area contributed by atoms with Gasteiger partial charge in [0.1, 0.15) is 11.6 Å². The number of anilines is 2. The molecule has 0 bridgehead atoms. The smallest absolute Gasteiger partial charge is 0.281 e. The number of aryl methyl sites for hydroxylation is 1. The van der Waals surface area contributed by atoms with Crippen molar-refractivity contribution in [2.24, 2.45) is 5.92 Å². The number of nitrogens with zero attached hydrogens (tertiary/aromatic N) is 4. The maximum atomic E-state index is 13.4. The van der Waals surface area contributed by atoms with Gasteiger partial charge in [-0.05, 0) is 70.4 Å². The summed E-state index contributed by atoms with van der Waals surface area (Å²) in [5.41, 5.74) is 7.66. The summed E-state index contributed by atoms with van der Waals surface area (Å²) in [5, 5.41) is -0.335. The number of pyridine rings is 3. The lowest BCUT2D eigenvalue weighted by Gasteiger charge is -2.34. The third-order valence-electron chi connectivity index (χ3n) is 6.21. The van der Waals surface area contributed by atoms with Crippen LogP contribution in [0.25, 0.3) is 11.3 Å².